The van der Waals surface area contributed by atoms with E-state index in [1.807, 2.05) is 38.2 Å². The van der Waals surface area contributed by atoms with Crippen molar-refractivity contribution in [3.63, 3.8) is 0 Å². The van der Waals surface area contributed by atoms with Gasteiger partial charge in [0.15, 0.2) is 0 Å². The molecule has 0 fully saturated rings. The third-order valence-corrected chi connectivity index (χ3v) is 6.45. The molecule has 3 nitrogen and oxygen atoms in total. The van der Waals surface area contributed by atoms with E-state index in [0.717, 1.165) is 17.0 Å². The van der Waals surface area contributed by atoms with Crippen LogP contribution in [0.1, 0.15) is 56.2 Å². The van der Waals surface area contributed by atoms with E-state index in [-0.39, 0.29) is 6.10 Å². The topological polar surface area (TPSA) is 45.9 Å². The van der Waals surface area contributed by atoms with Gasteiger partial charge in [0.05, 0.1) is 16.5 Å². The first-order valence-electron chi connectivity index (χ1n) is 9.89. The molecule has 0 N–H and O–H groups in total. The first-order valence-corrected chi connectivity index (χ1v) is 10.7. The van der Waals surface area contributed by atoms with Gasteiger partial charge in [-0.15, -0.1) is 11.3 Å². The fourth-order valence-electron chi connectivity index (χ4n) is 4.03. The molecule has 142 valence electrons. The molecule has 0 saturated heterocycles. The predicted molar refractivity (Wildman–Crippen MR) is 115 cm³/mol. The number of fused-ring (bicyclic) bond motifs is 1. The highest BCUT2D eigenvalue weighted by atomic mass is 32.1. The maximum absolute atomic E-state index is 9.49. The molecule has 0 aliphatic heterocycles. The van der Waals surface area contributed by atoms with Crippen LogP contribution in [0, 0.1) is 11.3 Å². The second kappa shape index (κ2) is 7.77. The highest BCUT2D eigenvalue weighted by Gasteiger charge is 2.24. The van der Waals surface area contributed by atoms with Crippen LogP contribution in [0.2, 0.25) is 0 Å². The van der Waals surface area contributed by atoms with E-state index in [9.17, 15) is 5.26 Å². The minimum atomic E-state index is 0.0385. The minimum Gasteiger partial charge on any atom is -0.490 e. The third-order valence-electron chi connectivity index (χ3n) is 5.37. The van der Waals surface area contributed by atoms with Crippen molar-refractivity contribution >= 4 is 11.3 Å². The van der Waals surface area contributed by atoms with Gasteiger partial charge >= 0.3 is 0 Å². The van der Waals surface area contributed by atoms with Crippen molar-refractivity contribution in [1.29, 1.82) is 5.26 Å². The lowest BCUT2D eigenvalue weighted by atomic mass is 9.96. The summed E-state index contributed by atoms with van der Waals surface area (Å²) in [6, 6.07) is 14.7. The molecule has 3 aromatic rings. The molecule has 0 saturated carbocycles. The Kier molecular flexibility index (Phi) is 5.19. The summed E-state index contributed by atoms with van der Waals surface area (Å²) < 4.78 is 5.73. The van der Waals surface area contributed by atoms with Gasteiger partial charge in [-0.3, -0.25) is 0 Å². The monoisotopic (exact) mass is 388 g/mol. The van der Waals surface area contributed by atoms with Gasteiger partial charge in [0.1, 0.15) is 16.8 Å². The highest BCUT2D eigenvalue weighted by Crippen LogP contribution is 2.42. The summed E-state index contributed by atoms with van der Waals surface area (Å²) in [7, 11) is 0. The van der Waals surface area contributed by atoms with Gasteiger partial charge in [0, 0.05) is 11.8 Å². The number of aromatic nitrogens is 1. The van der Waals surface area contributed by atoms with E-state index in [1.165, 1.54) is 34.4 Å². The first-order chi connectivity index (χ1) is 13.6. The highest BCUT2D eigenvalue weighted by molar-refractivity contribution is 7.18. The van der Waals surface area contributed by atoms with Crippen LogP contribution in [0.25, 0.3) is 21.0 Å². The minimum absolute atomic E-state index is 0.0385. The molecular formula is C24H24N2OS. The molecule has 2 aromatic carbocycles. The Morgan fingerprint density at radius 2 is 2.14 bits per heavy atom. The number of thiazole rings is 1. The van der Waals surface area contributed by atoms with E-state index in [0.29, 0.717) is 17.2 Å². The molecule has 1 heterocycles. The fraction of sp³-hybridized carbons (Fsp3) is 0.333. The SMILES string of the molecule is CC[C@@H]1CCc2c(-c3cnc(-c4ccc(OC(C)C)c(C#N)c4)s3)cccc21. The maximum Gasteiger partial charge on any atom is 0.137 e. The molecule has 0 unspecified atom stereocenters. The Labute approximate surface area is 170 Å². The number of benzene rings is 2. The average molecular weight is 389 g/mol. The smallest absolute Gasteiger partial charge is 0.137 e. The molecule has 1 aliphatic rings. The summed E-state index contributed by atoms with van der Waals surface area (Å²) >= 11 is 1.69. The number of nitriles is 1. The van der Waals surface area contributed by atoms with Crippen LogP contribution in [0.4, 0.5) is 0 Å². The van der Waals surface area contributed by atoms with Gasteiger partial charge in [-0.2, -0.15) is 5.26 Å². The van der Waals surface area contributed by atoms with Crippen molar-refractivity contribution in [2.24, 2.45) is 0 Å². The molecule has 0 amide bonds. The number of hydrogen-bond acceptors (Lipinski definition) is 4. The van der Waals surface area contributed by atoms with Crippen molar-refractivity contribution in [2.45, 2.75) is 52.1 Å². The van der Waals surface area contributed by atoms with Crippen molar-refractivity contribution in [2.75, 3.05) is 0 Å². The van der Waals surface area contributed by atoms with E-state index >= 15 is 0 Å². The van der Waals surface area contributed by atoms with Crippen LogP contribution in [-0.4, -0.2) is 11.1 Å². The zero-order valence-electron chi connectivity index (χ0n) is 16.5. The van der Waals surface area contributed by atoms with Crippen LogP contribution < -0.4 is 4.74 Å². The normalized spacial score (nSPS) is 15.5. The van der Waals surface area contributed by atoms with E-state index in [4.69, 9.17) is 4.74 Å². The lowest BCUT2D eigenvalue weighted by Crippen LogP contribution is -2.06. The Morgan fingerprint density at radius 1 is 1.29 bits per heavy atom. The van der Waals surface area contributed by atoms with Gasteiger partial charge in [0.2, 0.25) is 0 Å². The van der Waals surface area contributed by atoms with Crippen molar-refractivity contribution in [1.82, 2.24) is 4.98 Å². The molecule has 1 aromatic heterocycles. The molecule has 0 spiro atoms. The van der Waals surface area contributed by atoms with Crippen molar-refractivity contribution in [3.8, 4) is 32.8 Å². The molecule has 1 atom stereocenters. The Bertz CT molecular complexity index is 1040. The number of hydrogen-bond donors (Lipinski definition) is 0. The van der Waals surface area contributed by atoms with E-state index in [2.05, 4.69) is 36.2 Å². The molecule has 0 bridgehead atoms. The molecule has 28 heavy (non-hydrogen) atoms. The lowest BCUT2D eigenvalue weighted by Gasteiger charge is -2.11. The van der Waals surface area contributed by atoms with Crippen LogP contribution in [0.3, 0.4) is 0 Å². The molecular weight excluding hydrogens is 364 g/mol. The van der Waals surface area contributed by atoms with Gasteiger partial charge < -0.3 is 4.74 Å². The number of ether oxygens (including phenoxy) is 1. The maximum atomic E-state index is 9.49. The standard InChI is InChI=1S/C24H24N2OS/c1-4-16-8-10-20-19(16)6-5-7-21(20)23-14-26-24(28-23)17-9-11-22(27-15(2)3)18(12-17)13-25/h5-7,9,11-12,14-16H,4,8,10H2,1-3H3/t16-/m1/s1. The summed E-state index contributed by atoms with van der Waals surface area (Å²) in [5, 5.41) is 10.4. The third kappa shape index (κ3) is 3.43. The summed E-state index contributed by atoms with van der Waals surface area (Å²) in [6.45, 7) is 6.20. The van der Waals surface area contributed by atoms with Crippen molar-refractivity contribution in [3.05, 3.63) is 59.3 Å². The number of rotatable bonds is 5. The number of nitrogens with zero attached hydrogens (tertiary/aromatic N) is 2. The largest absolute Gasteiger partial charge is 0.490 e. The summed E-state index contributed by atoms with van der Waals surface area (Å²) in [5.41, 5.74) is 5.83. The Morgan fingerprint density at radius 3 is 2.89 bits per heavy atom. The Balaban J connectivity index is 1.68. The molecule has 1 aliphatic carbocycles. The fourth-order valence-corrected chi connectivity index (χ4v) is 5.00. The van der Waals surface area contributed by atoms with Gasteiger partial charge in [0.25, 0.3) is 0 Å². The second-order valence-electron chi connectivity index (χ2n) is 7.54. The van der Waals surface area contributed by atoms with Crippen LogP contribution in [0.15, 0.2) is 42.6 Å². The zero-order valence-corrected chi connectivity index (χ0v) is 17.3. The van der Waals surface area contributed by atoms with Gasteiger partial charge in [-0.05, 0) is 73.9 Å². The molecule has 0 radical (unpaired) electrons. The lowest BCUT2D eigenvalue weighted by molar-refractivity contribution is 0.242. The van der Waals surface area contributed by atoms with Crippen LogP contribution in [-0.2, 0) is 6.42 Å². The summed E-state index contributed by atoms with van der Waals surface area (Å²) in [5.74, 6) is 1.32. The second-order valence-corrected chi connectivity index (χ2v) is 8.57. The van der Waals surface area contributed by atoms with E-state index in [1.54, 1.807) is 11.3 Å². The Hall–Kier alpha value is -2.64. The predicted octanol–water partition coefficient (Wildman–Crippen LogP) is 6.58. The van der Waals surface area contributed by atoms with Crippen LogP contribution >= 0.6 is 11.3 Å². The zero-order chi connectivity index (χ0) is 19.7. The van der Waals surface area contributed by atoms with Gasteiger partial charge in [-0.25, -0.2) is 4.98 Å². The quantitative estimate of drug-likeness (QED) is 0.496. The van der Waals surface area contributed by atoms with E-state index < -0.39 is 0 Å². The van der Waals surface area contributed by atoms with Crippen molar-refractivity contribution < 1.29 is 4.74 Å². The molecule has 4 rings (SSSR count). The molecule has 4 heteroatoms. The summed E-state index contributed by atoms with van der Waals surface area (Å²) in [6.07, 6.45) is 5.61. The van der Waals surface area contributed by atoms with Crippen LogP contribution in [0.5, 0.6) is 5.75 Å². The first kappa shape index (κ1) is 18.7. The average Bonchev–Trinajstić information content (AvgIpc) is 3.34. The summed E-state index contributed by atoms with van der Waals surface area (Å²) in [4.78, 5) is 5.86. The van der Waals surface area contributed by atoms with Gasteiger partial charge in [-0.1, -0.05) is 25.1 Å².